The van der Waals surface area contributed by atoms with Crippen molar-refractivity contribution >= 4 is 48.9 Å². The van der Waals surface area contributed by atoms with Crippen molar-refractivity contribution < 1.29 is 8.42 Å². The molecular formula is C26H30N6O2S2. The summed E-state index contributed by atoms with van der Waals surface area (Å²) in [5, 5.41) is 5.35. The highest BCUT2D eigenvalue weighted by Gasteiger charge is 2.16. The van der Waals surface area contributed by atoms with Crippen LogP contribution in [0.2, 0.25) is 0 Å². The van der Waals surface area contributed by atoms with Crippen molar-refractivity contribution in [1.29, 1.82) is 0 Å². The highest BCUT2D eigenvalue weighted by Crippen LogP contribution is 2.34. The molecule has 0 radical (unpaired) electrons. The normalized spacial score (nSPS) is 15.3. The standard InChI is InChI=1S/C26H30N6O2S2/c1-3-31-11-13-32(14-12-31)17-19-7-9-21(10-8-19)28-26-27-16-24-25(29-26)23(18-35-24)20-5-4-6-22(15-20)30-36(2,33)34/h4-10,15-16,18,30H,3,11-14,17H2,1-2H3,(H,27,28,29). The largest absolute Gasteiger partial charge is 0.324 e. The average Bonchev–Trinajstić information content (AvgIpc) is 3.28. The quantitative estimate of drug-likeness (QED) is 0.349. The molecule has 10 heteroatoms. The van der Waals surface area contributed by atoms with Crippen molar-refractivity contribution in [3.63, 3.8) is 0 Å². The van der Waals surface area contributed by atoms with Gasteiger partial charge in [-0.3, -0.25) is 9.62 Å². The third kappa shape index (κ3) is 6.01. The van der Waals surface area contributed by atoms with Crippen molar-refractivity contribution in [2.24, 2.45) is 0 Å². The molecule has 8 nitrogen and oxygen atoms in total. The minimum atomic E-state index is -3.35. The molecule has 36 heavy (non-hydrogen) atoms. The lowest BCUT2D eigenvalue weighted by Crippen LogP contribution is -2.45. The molecule has 1 aliphatic heterocycles. The summed E-state index contributed by atoms with van der Waals surface area (Å²) in [6.45, 7) is 8.81. The maximum Gasteiger partial charge on any atom is 0.229 e. The van der Waals surface area contributed by atoms with E-state index in [0.29, 0.717) is 11.6 Å². The lowest BCUT2D eigenvalue weighted by Gasteiger charge is -2.34. The third-order valence-corrected chi connectivity index (χ3v) is 7.83. The van der Waals surface area contributed by atoms with Crippen LogP contribution in [0.4, 0.5) is 17.3 Å². The highest BCUT2D eigenvalue weighted by atomic mass is 32.2. The zero-order valence-corrected chi connectivity index (χ0v) is 22.1. The summed E-state index contributed by atoms with van der Waals surface area (Å²) in [4.78, 5) is 14.3. The zero-order chi connectivity index (χ0) is 25.1. The van der Waals surface area contributed by atoms with Gasteiger partial charge in [-0.2, -0.15) is 0 Å². The SMILES string of the molecule is CCN1CCN(Cc2ccc(Nc3ncc4scc(-c5cccc(NS(C)(=O)=O)c5)c4n3)cc2)CC1. The zero-order valence-electron chi connectivity index (χ0n) is 20.4. The Labute approximate surface area is 216 Å². The summed E-state index contributed by atoms with van der Waals surface area (Å²) in [7, 11) is -3.35. The first-order valence-corrected chi connectivity index (χ1v) is 14.8. The van der Waals surface area contributed by atoms with Gasteiger partial charge in [-0.15, -0.1) is 11.3 Å². The van der Waals surface area contributed by atoms with Crippen LogP contribution >= 0.6 is 11.3 Å². The number of piperazine rings is 1. The van der Waals surface area contributed by atoms with Gasteiger partial charge in [-0.1, -0.05) is 31.2 Å². The Bertz CT molecular complexity index is 1450. The number of rotatable bonds is 8. The summed E-state index contributed by atoms with van der Waals surface area (Å²) in [6.07, 6.45) is 2.96. The first-order chi connectivity index (χ1) is 17.4. The van der Waals surface area contributed by atoms with E-state index in [-0.39, 0.29) is 0 Å². The Morgan fingerprint density at radius 3 is 2.47 bits per heavy atom. The minimum absolute atomic E-state index is 0.522. The van der Waals surface area contributed by atoms with Crippen LogP contribution < -0.4 is 10.0 Å². The van der Waals surface area contributed by atoms with Crippen LogP contribution in [0.25, 0.3) is 21.3 Å². The molecule has 2 aromatic heterocycles. The van der Waals surface area contributed by atoms with E-state index in [4.69, 9.17) is 4.98 Å². The highest BCUT2D eigenvalue weighted by molar-refractivity contribution is 7.92. The summed E-state index contributed by atoms with van der Waals surface area (Å²) < 4.78 is 26.8. The van der Waals surface area contributed by atoms with Gasteiger partial charge in [0.1, 0.15) is 0 Å². The maximum atomic E-state index is 11.6. The number of likely N-dealkylation sites (N-methyl/N-ethyl adjacent to an activating group) is 1. The van der Waals surface area contributed by atoms with E-state index in [9.17, 15) is 8.42 Å². The molecule has 3 heterocycles. The van der Waals surface area contributed by atoms with Crippen molar-refractivity contribution in [1.82, 2.24) is 19.8 Å². The molecule has 1 aliphatic rings. The molecule has 5 rings (SSSR count). The van der Waals surface area contributed by atoms with Crippen molar-refractivity contribution in [2.45, 2.75) is 13.5 Å². The Hall–Kier alpha value is -3.05. The fourth-order valence-corrected chi connectivity index (χ4v) is 5.83. The maximum absolute atomic E-state index is 11.6. The van der Waals surface area contributed by atoms with Gasteiger partial charge >= 0.3 is 0 Å². The third-order valence-electron chi connectivity index (χ3n) is 6.32. The summed E-state index contributed by atoms with van der Waals surface area (Å²) in [5.41, 5.74) is 5.42. The van der Waals surface area contributed by atoms with Gasteiger partial charge < -0.3 is 10.2 Å². The van der Waals surface area contributed by atoms with Gasteiger partial charge in [0, 0.05) is 55.0 Å². The second-order valence-electron chi connectivity index (χ2n) is 9.04. The Balaban J connectivity index is 1.30. The number of nitrogens with zero attached hydrogens (tertiary/aromatic N) is 4. The van der Waals surface area contributed by atoms with Crippen LogP contribution in [0.3, 0.4) is 0 Å². The molecule has 2 N–H and O–H groups in total. The molecule has 2 aromatic carbocycles. The molecular weight excluding hydrogens is 492 g/mol. The Morgan fingerprint density at radius 1 is 1.00 bits per heavy atom. The average molecular weight is 523 g/mol. The lowest BCUT2D eigenvalue weighted by atomic mass is 10.1. The van der Waals surface area contributed by atoms with Gasteiger partial charge in [-0.25, -0.2) is 18.4 Å². The molecule has 188 valence electrons. The second kappa shape index (κ2) is 10.5. The molecule has 0 saturated carbocycles. The fraction of sp³-hybridized carbons (Fsp3) is 0.308. The van der Waals surface area contributed by atoms with E-state index in [1.807, 2.05) is 29.8 Å². The molecule has 0 atom stereocenters. The Kier molecular flexibility index (Phi) is 7.20. The molecule has 0 aliphatic carbocycles. The smallest absolute Gasteiger partial charge is 0.229 e. The Morgan fingerprint density at radius 2 is 1.75 bits per heavy atom. The summed E-state index contributed by atoms with van der Waals surface area (Å²) in [6, 6.07) is 15.8. The van der Waals surface area contributed by atoms with Gasteiger partial charge in [0.05, 0.1) is 22.7 Å². The first-order valence-electron chi connectivity index (χ1n) is 12.0. The number of nitrogens with one attached hydrogen (secondary N) is 2. The number of anilines is 3. The number of hydrogen-bond acceptors (Lipinski definition) is 8. The topological polar surface area (TPSA) is 90.5 Å². The van der Waals surface area contributed by atoms with E-state index in [1.165, 1.54) is 5.56 Å². The van der Waals surface area contributed by atoms with Gasteiger partial charge in [0.2, 0.25) is 16.0 Å². The minimum Gasteiger partial charge on any atom is -0.324 e. The lowest BCUT2D eigenvalue weighted by molar-refractivity contribution is 0.132. The van der Waals surface area contributed by atoms with Crippen molar-refractivity contribution in [3.8, 4) is 11.1 Å². The molecule has 0 unspecified atom stereocenters. The number of thiophene rings is 1. The van der Waals surface area contributed by atoms with Gasteiger partial charge in [0.15, 0.2) is 0 Å². The van der Waals surface area contributed by atoms with Crippen LogP contribution in [0.15, 0.2) is 60.1 Å². The summed E-state index contributed by atoms with van der Waals surface area (Å²) >= 11 is 1.56. The van der Waals surface area contributed by atoms with Crippen molar-refractivity contribution in [2.75, 3.05) is 49.0 Å². The van der Waals surface area contributed by atoms with Gasteiger partial charge in [-0.05, 0) is 41.9 Å². The van der Waals surface area contributed by atoms with E-state index < -0.39 is 10.0 Å². The fourth-order valence-electron chi connectivity index (χ4n) is 4.40. The number of aromatic nitrogens is 2. The molecule has 1 fully saturated rings. The first kappa shape index (κ1) is 24.6. The number of fused-ring (bicyclic) bond motifs is 1. The van der Waals surface area contributed by atoms with Crippen LogP contribution in [0.1, 0.15) is 12.5 Å². The van der Waals surface area contributed by atoms with E-state index in [0.717, 1.165) is 72.6 Å². The second-order valence-corrected chi connectivity index (χ2v) is 11.7. The number of benzene rings is 2. The molecule has 0 amide bonds. The van der Waals surface area contributed by atoms with E-state index in [2.05, 4.69) is 56.0 Å². The molecule has 1 saturated heterocycles. The van der Waals surface area contributed by atoms with Crippen LogP contribution in [0, 0.1) is 0 Å². The van der Waals surface area contributed by atoms with Crippen LogP contribution in [0.5, 0.6) is 0 Å². The monoisotopic (exact) mass is 522 g/mol. The van der Waals surface area contributed by atoms with E-state index >= 15 is 0 Å². The summed E-state index contributed by atoms with van der Waals surface area (Å²) in [5.74, 6) is 0.524. The van der Waals surface area contributed by atoms with Crippen LogP contribution in [-0.4, -0.2) is 67.2 Å². The van der Waals surface area contributed by atoms with Crippen LogP contribution in [-0.2, 0) is 16.6 Å². The van der Waals surface area contributed by atoms with Crippen molar-refractivity contribution in [3.05, 3.63) is 65.7 Å². The molecule has 0 bridgehead atoms. The van der Waals surface area contributed by atoms with E-state index in [1.54, 1.807) is 17.4 Å². The predicted molar refractivity (Wildman–Crippen MR) is 148 cm³/mol. The molecule has 0 spiro atoms. The number of hydrogen-bond donors (Lipinski definition) is 2. The molecule has 4 aromatic rings. The number of sulfonamides is 1. The van der Waals surface area contributed by atoms with Gasteiger partial charge in [0.25, 0.3) is 0 Å². The predicted octanol–water partition coefficient (Wildman–Crippen LogP) is 4.61.